The van der Waals surface area contributed by atoms with Crippen molar-refractivity contribution in [3.05, 3.63) is 23.8 Å². The van der Waals surface area contributed by atoms with Gasteiger partial charge in [-0.2, -0.15) is 0 Å². The number of benzene rings is 1. The van der Waals surface area contributed by atoms with Crippen molar-refractivity contribution in [3.8, 4) is 5.75 Å². The van der Waals surface area contributed by atoms with Crippen LogP contribution < -0.4 is 10.6 Å². The Morgan fingerprint density at radius 1 is 1.57 bits per heavy atom. The van der Waals surface area contributed by atoms with E-state index >= 15 is 0 Å². The molecule has 0 saturated carbocycles. The lowest BCUT2D eigenvalue weighted by Crippen LogP contribution is -2.40. The lowest BCUT2D eigenvalue weighted by molar-refractivity contribution is 0.474. The highest BCUT2D eigenvalue weighted by Gasteiger charge is 2.16. The molecule has 0 amide bonds. The predicted octanol–water partition coefficient (Wildman–Crippen LogP) is 1.34. The van der Waals surface area contributed by atoms with Crippen LogP contribution in [-0.2, 0) is 6.42 Å². The topological polar surface area (TPSA) is 44.3 Å². The standard InChI is InChI=1S/C11H16N2O/c1-2-12-9-5-8-3-4-10(14)6-11(8)13-7-9/h3-4,6,9,12-14H,2,5,7H2,1H3. The summed E-state index contributed by atoms with van der Waals surface area (Å²) in [4.78, 5) is 0. The first kappa shape index (κ1) is 9.34. The minimum absolute atomic E-state index is 0.332. The van der Waals surface area contributed by atoms with E-state index in [9.17, 15) is 5.11 Å². The second-order valence-corrected chi connectivity index (χ2v) is 3.68. The highest BCUT2D eigenvalue weighted by atomic mass is 16.3. The molecule has 1 aliphatic rings. The average molecular weight is 192 g/mol. The number of fused-ring (bicyclic) bond motifs is 1. The molecule has 3 nitrogen and oxygen atoms in total. The number of aromatic hydroxyl groups is 1. The maximum absolute atomic E-state index is 9.30. The van der Waals surface area contributed by atoms with Gasteiger partial charge in [-0.1, -0.05) is 13.0 Å². The highest BCUT2D eigenvalue weighted by Crippen LogP contribution is 2.25. The Morgan fingerprint density at radius 2 is 2.43 bits per heavy atom. The zero-order valence-electron chi connectivity index (χ0n) is 8.38. The summed E-state index contributed by atoms with van der Waals surface area (Å²) in [7, 11) is 0. The Bertz CT molecular complexity index is 325. The van der Waals surface area contributed by atoms with Gasteiger partial charge in [0.25, 0.3) is 0 Å². The van der Waals surface area contributed by atoms with E-state index in [0.29, 0.717) is 11.8 Å². The van der Waals surface area contributed by atoms with Gasteiger partial charge in [0, 0.05) is 24.3 Å². The van der Waals surface area contributed by atoms with E-state index in [4.69, 9.17) is 0 Å². The third kappa shape index (κ3) is 1.82. The summed E-state index contributed by atoms with van der Waals surface area (Å²) in [6.07, 6.45) is 1.04. The molecule has 1 aromatic carbocycles. The predicted molar refractivity (Wildman–Crippen MR) is 57.8 cm³/mol. The van der Waals surface area contributed by atoms with Crippen LogP contribution in [0.1, 0.15) is 12.5 Å². The van der Waals surface area contributed by atoms with E-state index in [1.165, 1.54) is 5.56 Å². The summed E-state index contributed by atoms with van der Waals surface area (Å²) >= 11 is 0. The summed E-state index contributed by atoms with van der Waals surface area (Å²) in [5.41, 5.74) is 2.35. The van der Waals surface area contributed by atoms with Gasteiger partial charge < -0.3 is 15.7 Å². The van der Waals surface area contributed by atoms with Crippen molar-refractivity contribution in [2.45, 2.75) is 19.4 Å². The van der Waals surface area contributed by atoms with Crippen LogP contribution in [0.15, 0.2) is 18.2 Å². The second kappa shape index (κ2) is 3.88. The lowest BCUT2D eigenvalue weighted by Gasteiger charge is -2.26. The van der Waals surface area contributed by atoms with E-state index in [1.807, 2.05) is 6.07 Å². The number of hydrogen-bond acceptors (Lipinski definition) is 3. The summed E-state index contributed by atoms with van der Waals surface area (Å²) in [6, 6.07) is 6.03. The molecule has 1 heterocycles. The average Bonchev–Trinajstić information content (AvgIpc) is 2.19. The van der Waals surface area contributed by atoms with Crippen LogP contribution in [0.4, 0.5) is 5.69 Å². The number of hydrogen-bond donors (Lipinski definition) is 3. The van der Waals surface area contributed by atoms with Crippen LogP contribution in [0.5, 0.6) is 5.75 Å². The maximum Gasteiger partial charge on any atom is 0.117 e. The van der Waals surface area contributed by atoms with Gasteiger partial charge in [-0.25, -0.2) is 0 Å². The lowest BCUT2D eigenvalue weighted by atomic mass is 9.99. The van der Waals surface area contributed by atoms with Crippen molar-refractivity contribution >= 4 is 5.69 Å². The Morgan fingerprint density at radius 3 is 3.21 bits per heavy atom. The summed E-state index contributed by atoms with van der Waals surface area (Å²) < 4.78 is 0. The normalized spacial score (nSPS) is 19.9. The molecule has 2 rings (SSSR count). The number of likely N-dealkylation sites (N-methyl/N-ethyl adjacent to an activating group) is 1. The molecule has 0 saturated heterocycles. The van der Waals surface area contributed by atoms with Crippen molar-refractivity contribution in [1.29, 1.82) is 0 Å². The molecule has 0 aliphatic carbocycles. The van der Waals surface area contributed by atoms with Crippen LogP contribution in [0.3, 0.4) is 0 Å². The molecule has 3 heteroatoms. The van der Waals surface area contributed by atoms with Gasteiger partial charge in [0.15, 0.2) is 0 Å². The van der Waals surface area contributed by atoms with Crippen LogP contribution in [0.2, 0.25) is 0 Å². The molecular formula is C11H16N2O. The minimum atomic E-state index is 0.332. The first-order valence-electron chi connectivity index (χ1n) is 5.08. The van der Waals surface area contributed by atoms with Crippen molar-refractivity contribution in [2.24, 2.45) is 0 Å². The van der Waals surface area contributed by atoms with E-state index in [2.05, 4.69) is 17.6 Å². The summed E-state index contributed by atoms with van der Waals surface area (Å²) in [6.45, 7) is 4.05. The fourth-order valence-corrected chi connectivity index (χ4v) is 1.91. The van der Waals surface area contributed by atoms with Crippen molar-refractivity contribution in [2.75, 3.05) is 18.4 Å². The van der Waals surface area contributed by atoms with Crippen LogP contribution in [-0.4, -0.2) is 24.2 Å². The maximum atomic E-state index is 9.30. The zero-order chi connectivity index (χ0) is 9.97. The molecule has 1 aliphatic heterocycles. The first-order valence-corrected chi connectivity index (χ1v) is 5.08. The molecule has 0 aromatic heterocycles. The van der Waals surface area contributed by atoms with Gasteiger partial charge in [-0.05, 0) is 24.6 Å². The minimum Gasteiger partial charge on any atom is -0.508 e. The fourth-order valence-electron chi connectivity index (χ4n) is 1.91. The smallest absolute Gasteiger partial charge is 0.117 e. The summed E-state index contributed by atoms with van der Waals surface area (Å²) in [5.74, 6) is 0.332. The number of anilines is 1. The van der Waals surface area contributed by atoms with Crippen LogP contribution in [0, 0.1) is 0 Å². The monoisotopic (exact) mass is 192 g/mol. The molecule has 1 aromatic rings. The van der Waals surface area contributed by atoms with E-state index in [-0.39, 0.29) is 0 Å². The molecule has 0 spiro atoms. The largest absolute Gasteiger partial charge is 0.508 e. The van der Waals surface area contributed by atoms with Gasteiger partial charge in [0.1, 0.15) is 5.75 Å². The van der Waals surface area contributed by atoms with E-state index < -0.39 is 0 Å². The number of phenols is 1. The number of rotatable bonds is 2. The third-order valence-corrected chi connectivity index (χ3v) is 2.59. The Labute approximate surface area is 84.1 Å². The van der Waals surface area contributed by atoms with Gasteiger partial charge in [0.2, 0.25) is 0 Å². The molecular weight excluding hydrogens is 176 g/mol. The first-order chi connectivity index (χ1) is 6.79. The zero-order valence-corrected chi connectivity index (χ0v) is 8.38. The second-order valence-electron chi connectivity index (χ2n) is 3.68. The Hall–Kier alpha value is -1.22. The van der Waals surface area contributed by atoms with Gasteiger partial charge in [-0.15, -0.1) is 0 Å². The van der Waals surface area contributed by atoms with Gasteiger partial charge in [0.05, 0.1) is 0 Å². The van der Waals surface area contributed by atoms with Crippen molar-refractivity contribution in [1.82, 2.24) is 5.32 Å². The molecule has 14 heavy (non-hydrogen) atoms. The van der Waals surface area contributed by atoms with Crippen molar-refractivity contribution in [3.63, 3.8) is 0 Å². The quantitative estimate of drug-likeness (QED) is 0.662. The molecule has 0 radical (unpaired) electrons. The number of phenolic OH excluding ortho intramolecular Hbond substituents is 1. The number of nitrogens with one attached hydrogen (secondary N) is 2. The van der Waals surface area contributed by atoms with Crippen LogP contribution >= 0.6 is 0 Å². The van der Waals surface area contributed by atoms with E-state index in [0.717, 1.165) is 25.2 Å². The molecule has 0 bridgehead atoms. The molecule has 0 fully saturated rings. The summed E-state index contributed by atoms with van der Waals surface area (Å²) in [5, 5.41) is 16.0. The Kier molecular flexibility index (Phi) is 2.59. The van der Waals surface area contributed by atoms with Gasteiger partial charge in [-0.3, -0.25) is 0 Å². The van der Waals surface area contributed by atoms with E-state index in [1.54, 1.807) is 12.1 Å². The Balaban J connectivity index is 2.15. The molecule has 3 N–H and O–H groups in total. The highest BCUT2D eigenvalue weighted by molar-refractivity contribution is 5.57. The third-order valence-electron chi connectivity index (χ3n) is 2.59. The molecule has 1 unspecified atom stereocenters. The fraction of sp³-hybridized carbons (Fsp3) is 0.455. The molecule has 76 valence electrons. The van der Waals surface area contributed by atoms with Crippen LogP contribution in [0.25, 0.3) is 0 Å². The SMILES string of the molecule is CCNC1CNc2cc(O)ccc2C1. The molecule has 1 atom stereocenters. The van der Waals surface area contributed by atoms with Gasteiger partial charge >= 0.3 is 0 Å². The van der Waals surface area contributed by atoms with Crippen molar-refractivity contribution < 1.29 is 5.11 Å².